The largest absolute Gasteiger partial charge is 0.433 e. The smallest absolute Gasteiger partial charge is 0.241 e. The molecule has 84 valence electrons. The molecule has 0 radical (unpaired) electrons. The number of rotatable bonds is 2. The molecule has 0 bridgehead atoms. The van der Waals surface area contributed by atoms with E-state index in [1.54, 1.807) is 0 Å². The van der Waals surface area contributed by atoms with Crippen LogP contribution in [0.3, 0.4) is 0 Å². The molecule has 2 nitrogen and oxygen atoms in total. The lowest BCUT2D eigenvalue weighted by Crippen LogP contribution is -2.22. The van der Waals surface area contributed by atoms with E-state index in [2.05, 4.69) is 9.97 Å². The van der Waals surface area contributed by atoms with Gasteiger partial charge in [0, 0.05) is 11.6 Å². The molecular formula is C10H13F3N2. The minimum Gasteiger partial charge on any atom is -0.241 e. The number of nitrogens with zero attached hydrogens (tertiary/aromatic N) is 2. The van der Waals surface area contributed by atoms with Crippen LogP contribution in [-0.2, 0) is 11.6 Å². The zero-order valence-electron chi connectivity index (χ0n) is 8.89. The second-order valence-corrected chi connectivity index (χ2v) is 4.00. The first kappa shape index (κ1) is 11.9. The van der Waals surface area contributed by atoms with Gasteiger partial charge in [0.15, 0.2) is 0 Å². The Hall–Kier alpha value is -1.13. The molecule has 0 aromatic carbocycles. The Bertz CT molecular complexity index is 345. The lowest BCUT2D eigenvalue weighted by atomic mass is 9.89. The first-order chi connectivity index (χ1) is 6.77. The topological polar surface area (TPSA) is 25.8 Å². The molecule has 15 heavy (non-hydrogen) atoms. The van der Waals surface area contributed by atoms with Crippen LogP contribution in [-0.4, -0.2) is 9.97 Å². The van der Waals surface area contributed by atoms with E-state index in [0.717, 1.165) is 12.3 Å². The highest BCUT2D eigenvalue weighted by atomic mass is 19.4. The molecule has 0 amide bonds. The van der Waals surface area contributed by atoms with Crippen LogP contribution < -0.4 is 0 Å². The zero-order valence-corrected chi connectivity index (χ0v) is 8.89. The average Bonchev–Trinajstić information content (AvgIpc) is 2.17. The van der Waals surface area contributed by atoms with Crippen molar-refractivity contribution in [1.82, 2.24) is 9.97 Å². The van der Waals surface area contributed by atoms with Crippen LogP contribution in [0.2, 0.25) is 0 Å². The van der Waals surface area contributed by atoms with Crippen molar-refractivity contribution in [3.05, 3.63) is 23.8 Å². The quantitative estimate of drug-likeness (QED) is 0.761. The molecule has 0 unspecified atom stereocenters. The summed E-state index contributed by atoms with van der Waals surface area (Å²) < 4.78 is 37.1. The lowest BCUT2D eigenvalue weighted by molar-refractivity contribution is -0.141. The Labute approximate surface area is 86.6 Å². The van der Waals surface area contributed by atoms with E-state index in [1.807, 2.05) is 20.8 Å². The summed E-state index contributed by atoms with van der Waals surface area (Å²) in [5.41, 5.74) is -1.31. The number of alkyl halides is 3. The van der Waals surface area contributed by atoms with Gasteiger partial charge in [-0.3, -0.25) is 0 Å². The summed E-state index contributed by atoms with van der Waals surface area (Å²) in [4.78, 5) is 7.43. The van der Waals surface area contributed by atoms with Crippen molar-refractivity contribution in [3.8, 4) is 0 Å². The summed E-state index contributed by atoms with van der Waals surface area (Å²) in [6, 6.07) is 0.884. The van der Waals surface area contributed by atoms with E-state index in [1.165, 1.54) is 0 Å². The van der Waals surface area contributed by atoms with Gasteiger partial charge in [-0.1, -0.05) is 20.8 Å². The van der Waals surface area contributed by atoms with Crippen molar-refractivity contribution in [1.29, 1.82) is 0 Å². The van der Waals surface area contributed by atoms with Crippen molar-refractivity contribution in [3.63, 3.8) is 0 Å². The normalized spacial score (nSPS) is 12.9. The van der Waals surface area contributed by atoms with Crippen molar-refractivity contribution in [2.24, 2.45) is 0 Å². The highest BCUT2D eigenvalue weighted by molar-refractivity contribution is 5.11. The summed E-state index contributed by atoms with van der Waals surface area (Å²) in [7, 11) is 0. The Morgan fingerprint density at radius 1 is 1.27 bits per heavy atom. The van der Waals surface area contributed by atoms with Gasteiger partial charge in [0.2, 0.25) is 0 Å². The molecule has 0 saturated carbocycles. The van der Waals surface area contributed by atoms with Crippen molar-refractivity contribution < 1.29 is 13.2 Å². The average molecular weight is 218 g/mol. The fourth-order valence-corrected chi connectivity index (χ4v) is 1.00. The van der Waals surface area contributed by atoms with Gasteiger partial charge in [-0.05, 0) is 12.5 Å². The lowest BCUT2D eigenvalue weighted by Gasteiger charge is -2.21. The third-order valence-electron chi connectivity index (χ3n) is 2.44. The van der Waals surface area contributed by atoms with Gasteiger partial charge in [0.25, 0.3) is 0 Å². The maximum Gasteiger partial charge on any atom is 0.433 e. The molecule has 0 spiro atoms. The summed E-state index contributed by atoms with van der Waals surface area (Å²) in [5.74, 6) is 0.236. The minimum absolute atomic E-state index is 0.236. The SMILES string of the molecule is CCC(C)(C)c1nccc(C(F)(F)F)n1. The second-order valence-electron chi connectivity index (χ2n) is 4.00. The van der Waals surface area contributed by atoms with Crippen LogP contribution in [0.15, 0.2) is 12.3 Å². The number of aromatic nitrogens is 2. The Morgan fingerprint density at radius 2 is 1.87 bits per heavy atom. The van der Waals surface area contributed by atoms with Crippen molar-refractivity contribution in [2.45, 2.75) is 38.8 Å². The fraction of sp³-hybridized carbons (Fsp3) is 0.600. The summed E-state index contributed by atoms with van der Waals surface area (Å²) >= 11 is 0. The van der Waals surface area contributed by atoms with Crippen LogP contribution in [0.4, 0.5) is 13.2 Å². The molecule has 0 saturated heterocycles. The number of hydrogen-bond acceptors (Lipinski definition) is 2. The highest BCUT2D eigenvalue weighted by Crippen LogP contribution is 2.29. The predicted molar refractivity (Wildman–Crippen MR) is 50.4 cm³/mol. The van der Waals surface area contributed by atoms with E-state index in [4.69, 9.17) is 0 Å². The first-order valence-corrected chi connectivity index (χ1v) is 4.68. The van der Waals surface area contributed by atoms with Gasteiger partial charge >= 0.3 is 6.18 Å². The van der Waals surface area contributed by atoms with Gasteiger partial charge in [0.1, 0.15) is 11.5 Å². The number of hydrogen-bond donors (Lipinski definition) is 0. The van der Waals surface area contributed by atoms with Crippen LogP contribution in [0.1, 0.15) is 38.7 Å². The Kier molecular flexibility index (Phi) is 3.02. The molecule has 1 rings (SSSR count). The molecule has 1 heterocycles. The Morgan fingerprint density at radius 3 is 2.33 bits per heavy atom. The molecule has 0 N–H and O–H groups in total. The van der Waals surface area contributed by atoms with E-state index >= 15 is 0 Å². The summed E-state index contributed by atoms with van der Waals surface area (Å²) in [5, 5.41) is 0. The van der Waals surface area contributed by atoms with Gasteiger partial charge in [-0.25, -0.2) is 9.97 Å². The van der Waals surface area contributed by atoms with Gasteiger partial charge in [-0.2, -0.15) is 13.2 Å². The third-order valence-corrected chi connectivity index (χ3v) is 2.44. The Balaban J connectivity index is 3.14. The standard InChI is InChI=1S/C10H13F3N2/c1-4-9(2,3)8-14-6-5-7(15-8)10(11,12)13/h5-6H,4H2,1-3H3. The van der Waals surface area contributed by atoms with Crippen LogP contribution in [0, 0.1) is 0 Å². The van der Waals surface area contributed by atoms with Crippen LogP contribution in [0.5, 0.6) is 0 Å². The molecular weight excluding hydrogens is 205 g/mol. The monoisotopic (exact) mass is 218 g/mol. The zero-order chi connectivity index (χ0) is 11.7. The van der Waals surface area contributed by atoms with E-state index < -0.39 is 17.3 Å². The van der Waals surface area contributed by atoms with Crippen molar-refractivity contribution in [2.75, 3.05) is 0 Å². The van der Waals surface area contributed by atoms with Gasteiger partial charge in [0.05, 0.1) is 0 Å². The molecule has 1 aromatic heterocycles. The fourth-order valence-electron chi connectivity index (χ4n) is 1.00. The maximum absolute atomic E-state index is 12.4. The van der Waals surface area contributed by atoms with Crippen molar-refractivity contribution >= 4 is 0 Å². The van der Waals surface area contributed by atoms with E-state index in [-0.39, 0.29) is 5.82 Å². The highest BCUT2D eigenvalue weighted by Gasteiger charge is 2.34. The van der Waals surface area contributed by atoms with E-state index in [9.17, 15) is 13.2 Å². The van der Waals surface area contributed by atoms with Gasteiger partial charge in [-0.15, -0.1) is 0 Å². The van der Waals surface area contributed by atoms with E-state index in [0.29, 0.717) is 6.42 Å². The molecule has 0 fully saturated rings. The molecule has 0 aliphatic carbocycles. The minimum atomic E-state index is -4.40. The van der Waals surface area contributed by atoms with Gasteiger partial charge < -0.3 is 0 Å². The number of halogens is 3. The molecule has 0 atom stereocenters. The summed E-state index contributed by atoms with van der Waals surface area (Å²) in [6.07, 6.45) is -2.56. The van der Waals surface area contributed by atoms with Crippen LogP contribution in [0.25, 0.3) is 0 Å². The third kappa shape index (κ3) is 2.67. The van der Waals surface area contributed by atoms with Crippen LogP contribution >= 0.6 is 0 Å². The first-order valence-electron chi connectivity index (χ1n) is 4.68. The molecule has 0 aliphatic heterocycles. The second kappa shape index (κ2) is 3.79. The molecule has 1 aromatic rings. The maximum atomic E-state index is 12.4. The molecule has 5 heteroatoms. The summed E-state index contributed by atoms with van der Waals surface area (Å²) in [6.45, 7) is 5.54. The molecule has 0 aliphatic rings. The predicted octanol–water partition coefficient (Wildman–Crippen LogP) is 3.18.